The molecule has 1 heterocycles. The van der Waals surface area contributed by atoms with E-state index in [4.69, 9.17) is 4.74 Å². The van der Waals surface area contributed by atoms with Crippen molar-refractivity contribution < 1.29 is 9.53 Å². The predicted molar refractivity (Wildman–Crippen MR) is 91.5 cm³/mol. The van der Waals surface area contributed by atoms with Crippen LogP contribution in [0, 0.1) is 5.92 Å². The smallest absolute Gasteiger partial charge is 0.253 e. The van der Waals surface area contributed by atoms with Crippen LogP contribution >= 0.6 is 11.8 Å². The largest absolute Gasteiger partial charge is 0.368 e. The second-order valence-electron chi connectivity index (χ2n) is 6.42. The number of anilines is 1. The summed E-state index contributed by atoms with van der Waals surface area (Å²) in [5.74, 6) is 1.90. The van der Waals surface area contributed by atoms with Gasteiger partial charge in [-0.25, -0.2) is 0 Å². The minimum absolute atomic E-state index is 0.105. The Morgan fingerprint density at radius 3 is 3.05 bits per heavy atom. The van der Waals surface area contributed by atoms with Gasteiger partial charge in [0.25, 0.3) is 5.91 Å². The van der Waals surface area contributed by atoms with Crippen molar-refractivity contribution >= 4 is 23.4 Å². The van der Waals surface area contributed by atoms with Crippen LogP contribution in [-0.2, 0) is 9.53 Å². The number of ether oxygens (including phenoxy) is 1. The summed E-state index contributed by atoms with van der Waals surface area (Å²) < 4.78 is 5.93. The lowest BCUT2D eigenvalue weighted by atomic mass is 9.89. The van der Waals surface area contributed by atoms with Crippen molar-refractivity contribution in [1.29, 1.82) is 0 Å². The van der Waals surface area contributed by atoms with Gasteiger partial charge in [-0.15, -0.1) is 11.8 Å². The van der Waals surface area contributed by atoms with Crippen LogP contribution in [0.3, 0.4) is 0 Å². The van der Waals surface area contributed by atoms with Crippen LogP contribution in [0.1, 0.15) is 39.0 Å². The molecule has 1 amide bonds. The van der Waals surface area contributed by atoms with Gasteiger partial charge >= 0.3 is 0 Å². The Bertz CT molecular complexity index is 520. The Hall–Kier alpha value is -1.00. The summed E-state index contributed by atoms with van der Waals surface area (Å²) in [4.78, 5) is 15.8. The van der Waals surface area contributed by atoms with E-state index in [9.17, 15) is 4.79 Å². The van der Waals surface area contributed by atoms with Gasteiger partial charge in [-0.1, -0.05) is 31.9 Å². The number of hydrogen-bond donors (Lipinski definition) is 0. The molecule has 0 aromatic heterocycles. The minimum atomic E-state index is 0.105. The van der Waals surface area contributed by atoms with Crippen molar-refractivity contribution in [1.82, 2.24) is 0 Å². The zero-order chi connectivity index (χ0) is 15.4. The van der Waals surface area contributed by atoms with E-state index in [0.717, 1.165) is 43.2 Å². The van der Waals surface area contributed by atoms with Crippen molar-refractivity contribution in [2.45, 2.75) is 50.0 Å². The molecule has 0 bridgehead atoms. The highest BCUT2D eigenvalue weighted by Crippen LogP contribution is 2.33. The number of carbonyl (C=O) groups excluding carboxylic acids is 1. The molecular formula is C18H25NO2S. The van der Waals surface area contributed by atoms with Gasteiger partial charge in [-0.05, 0) is 43.1 Å². The molecule has 1 aliphatic heterocycles. The first-order chi connectivity index (χ1) is 10.7. The molecule has 2 aliphatic rings. The quantitative estimate of drug-likeness (QED) is 0.839. The van der Waals surface area contributed by atoms with Gasteiger partial charge in [-0.3, -0.25) is 4.79 Å². The van der Waals surface area contributed by atoms with E-state index in [1.807, 2.05) is 34.9 Å². The third-order valence-corrected chi connectivity index (χ3v) is 5.72. The zero-order valence-corrected chi connectivity index (χ0v) is 14.1. The number of benzene rings is 1. The van der Waals surface area contributed by atoms with Crippen molar-refractivity contribution in [3.63, 3.8) is 0 Å². The Kier molecular flexibility index (Phi) is 5.42. The average Bonchev–Trinajstić information content (AvgIpc) is 2.75. The second kappa shape index (κ2) is 7.51. The molecule has 2 unspecified atom stereocenters. The molecule has 3 nitrogen and oxygen atoms in total. The maximum Gasteiger partial charge on any atom is 0.253 e. The van der Waals surface area contributed by atoms with E-state index >= 15 is 0 Å². The minimum Gasteiger partial charge on any atom is -0.368 e. The topological polar surface area (TPSA) is 29.5 Å². The molecule has 1 aromatic carbocycles. The lowest BCUT2D eigenvalue weighted by molar-refractivity contribution is -0.126. The summed E-state index contributed by atoms with van der Waals surface area (Å²) in [6, 6.07) is 8.21. The van der Waals surface area contributed by atoms with Gasteiger partial charge in [0.2, 0.25) is 0 Å². The van der Waals surface area contributed by atoms with Crippen LogP contribution < -0.4 is 4.90 Å². The summed E-state index contributed by atoms with van der Waals surface area (Å²) in [6.07, 6.45) is 6.02. The van der Waals surface area contributed by atoms with Gasteiger partial charge < -0.3 is 9.64 Å². The second-order valence-corrected chi connectivity index (χ2v) is 7.56. The highest BCUT2D eigenvalue weighted by molar-refractivity contribution is 7.99. The standard InChI is InChI=1S/C18H25NO2S/c1-14-6-4-7-15(12-14)21-13-18(20)19-10-5-11-22-17-9-3-2-8-16(17)19/h2-3,8-9,14-15H,4-7,10-13H2,1H3. The van der Waals surface area contributed by atoms with Gasteiger partial charge in [0.15, 0.2) is 0 Å². The van der Waals surface area contributed by atoms with Gasteiger partial charge in [0, 0.05) is 11.4 Å². The van der Waals surface area contributed by atoms with E-state index in [-0.39, 0.29) is 18.6 Å². The summed E-state index contributed by atoms with van der Waals surface area (Å²) in [5.41, 5.74) is 1.05. The molecule has 22 heavy (non-hydrogen) atoms. The van der Waals surface area contributed by atoms with Crippen molar-refractivity contribution in [3.8, 4) is 0 Å². The molecule has 4 heteroatoms. The first-order valence-corrected chi connectivity index (χ1v) is 9.36. The lowest BCUT2D eigenvalue weighted by Crippen LogP contribution is -2.36. The number of para-hydroxylation sites is 1. The molecule has 3 rings (SSSR count). The molecule has 0 saturated heterocycles. The third kappa shape index (κ3) is 3.85. The molecule has 0 radical (unpaired) electrons. The maximum atomic E-state index is 12.6. The van der Waals surface area contributed by atoms with Crippen LogP contribution in [0.2, 0.25) is 0 Å². The van der Waals surface area contributed by atoms with Crippen LogP contribution in [0.15, 0.2) is 29.2 Å². The van der Waals surface area contributed by atoms with E-state index in [1.54, 1.807) is 0 Å². The van der Waals surface area contributed by atoms with Gasteiger partial charge in [0.1, 0.15) is 6.61 Å². The third-order valence-electron chi connectivity index (χ3n) is 4.57. The highest BCUT2D eigenvalue weighted by atomic mass is 32.2. The van der Waals surface area contributed by atoms with Crippen LogP contribution in [0.5, 0.6) is 0 Å². The lowest BCUT2D eigenvalue weighted by Gasteiger charge is -2.28. The monoisotopic (exact) mass is 319 g/mol. The Morgan fingerprint density at radius 1 is 1.32 bits per heavy atom. The SMILES string of the molecule is CC1CCCC(OCC(=O)N2CCCSc3ccccc32)C1. The molecule has 1 aromatic rings. The predicted octanol–water partition coefficient (Wildman–Crippen LogP) is 4.11. The number of fused-ring (bicyclic) bond motifs is 1. The molecule has 1 saturated carbocycles. The molecule has 1 aliphatic carbocycles. The number of hydrogen-bond acceptors (Lipinski definition) is 3. The van der Waals surface area contributed by atoms with Crippen LogP contribution in [-0.4, -0.2) is 30.9 Å². The summed E-state index contributed by atoms with van der Waals surface area (Å²) in [5, 5.41) is 0. The van der Waals surface area contributed by atoms with E-state index in [1.165, 1.54) is 17.7 Å². The number of nitrogens with zero attached hydrogens (tertiary/aromatic N) is 1. The van der Waals surface area contributed by atoms with Gasteiger partial charge in [-0.2, -0.15) is 0 Å². The maximum absolute atomic E-state index is 12.6. The van der Waals surface area contributed by atoms with Gasteiger partial charge in [0.05, 0.1) is 11.8 Å². The van der Waals surface area contributed by atoms with Crippen molar-refractivity contribution in [2.75, 3.05) is 23.8 Å². The molecular weight excluding hydrogens is 294 g/mol. The Balaban J connectivity index is 1.62. The average molecular weight is 319 g/mol. The van der Waals surface area contributed by atoms with E-state index in [0.29, 0.717) is 0 Å². The molecule has 0 N–H and O–H groups in total. The fourth-order valence-electron chi connectivity index (χ4n) is 3.38. The number of amides is 1. The first kappa shape index (κ1) is 15.9. The van der Waals surface area contributed by atoms with Crippen molar-refractivity contribution in [2.24, 2.45) is 5.92 Å². The summed E-state index contributed by atoms with van der Waals surface area (Å²) in [7, 11) is 0. The zero-order valence-electron chi connectivity index (χ0n) is 13.3. The fourth-order valence-corrected chi connectivity index (χ4v) is 4.38. The number of carbonyl (C=O) groups is 1. The first-order valence-electron chi connectivity index (χ1n) is 8.38. The number of thioether (sulfide) groups is 1. The van der Waals surface area contributed by atoms with Crippen molar-refractivity contribution in [3.05, 3.63) is 24.3 Å². The normalized spacial score (nSPS) is 25.4. The fraction of sp³-hybridized carbons (Fsp3) is 0.611. The van der Waals surface area contributed by atoms with Crippen LogP contribution in [0.25, 0.3) is 0 Å². The van der Waals surface area contributed by atoms with Crippen LogP contribution in [0.4, 0.5) is 5.69 Å². The molecule has 120 valence electrons. The number of rotatable bonds is 3. The molecule has 1 fully saturated rings. The Labute approximate surface area is 137 Å². The molecule has 2 atom stereocenters. The van der Waals surface area contributed by atoms with E-state index < -0.39 is 0 Å². The Morgan fingerprint density at radius 2 is 2.18 bits per heavy atom. The van der Waals surface area contributed by atoms with E-state index in [2.05, 4.69) is 13.0 Å². The summed E-state index contributed by atoms with van der Waals surface area (Å²) >= 11 is 1.84. The molecule has 0 spiro atoms. The summed E-state index contributed by atoms with van der Waals surface area (Å²) in [6.45, 7) is 3.29. The highest BCUT2D eigenvalue weighted by Gasteiger charge is 2.24.